The van der Waals surface area contributed by atoms with Crippen molar-refractivity contribution in [2.75, 3.05) is 6.54 Å². The fourth-order valence-electron chi connectivity index (χ4n) is 3.98. The first-order valence-corrected chi connectivity index (χ1v) is 10.2. The van der Waals surface area contributed by atoms with E-state index in [2.05, 4.69) is 23.9 Å². The van der Waals surface area contributed by atoms with Gasteiger partial charge in [-0.2, -0.15) is 10.2 Å². The molecule has 1 aliphatic heterocycles. The topological polar surface area (TPSA) is 82.0 Å². The monoisotopic (exact) mass is 396 g/mol. The Balaban J connectivity index is 1.55. The molecule has 154 valence electrons. The van der Waals surface area contributed by atoms with Crippen molar-refractivity contribution in [3.05, 3.63) is 40.7 Å². The lowest BCUT2D eigenvalue weighted by Gasteiger charge is -2.28. The Morgan fingerprint density at radius 3 is 2.66 bits per heavy atom. The maximum Gasteiger partial charge on any atom is 0.247 e. The smallest absolute Gasteiger partial charge is 0.247 e. The lowest BCUT2D eigenvalue weighted by Crippen LogP contribution is -2.37. The summed E-state index contributed by atoms with van der Waals surface area (Å²) in [5.74, 6) is 1.41. The Hall–Kier alpha value is -2.90. The number of aromatic nitrogens is 5. The van der Waals surface area contributed by atoms with Gasteiger partial charge >= 0.3 is 0 Å². The molecule has 0 saturated carbocycles. The van der Waals surface area contributed by atoms with Crippen LogP contribution in [-0.4, -0.2) is 41.9 Å². The molecule has 1 amide bonds. The summed E-state index contributed by atoms with van der Waals surface area (Å²) in [7, 11) is 0. The van der Waals surface area contributed by atoms with Crippen LogP contribution in [0.2, 0.25) is 0 Å². The minimum absolute atomic E-state index is 0.134. The van der Waals surface area contributed by atoms with Crippen molar-refractivity contribution >= 4 is 5.91 Å². The summed E-state index contributed by atoms with van der Waals surface area (Å²) >= 11 is 0. The highest BCUT2D eigenvalue weighted by Gasteiger charge is 2.30. The average Bonchev–Trinajstić information content (AvgIpc) is 3.35. The number of aryl methyl sites for hydroxylation is 4. The van der Waals surface area contributed by atoms with E-state index in [0.29, 0.717) is 31.9 Å². The van der Waals surface area contributed by atoms with Crippen LogP contribution in [0.15, 0.2) is 16.7 Å². The number of amides is 1. The first kappa shape index (κ1) is 19.4. The third-order valence-electron chi connectivity index (χ3n) is 5.39. The van der Waals surface area contributed by atoms with Crippen LogP contribution in [0.25, 0.3) is 11.6 Å². The lowest BCUT2D eigenvalue weighted by atomic mass is 10.0. The summed E-state index contributed by atoms with van der Waals surface area (Å²) in [6.07, 6.45) is 2.92. The number of rotatable bonds is 5. The summed E-state index contributed by atoms with van der Waals surface area (Å²) in [5.41, 5.74) is 5.03. The fourth-order valence-corrected chi connectivity index (χ4v) is 3.98. The zero-order valence-corrected chi connectivity index (χ0v) is 17.8. The van der Waals surface area contributed by atoms with Crippen LogP contribution in [0.1, 0.15) is 54.7 Å². The zero-order chi connectivity index (χ0) is 20.7. The van der Waals surface area contributed by atoms with Crippen molar-refractivity contribution in [1.29, 1.82) is 0 Å². The average molecular weight is 396 g/mol. The molecule has 0 unspecified atom stereocenters. The van der Waals surface area contributed by atoms with Crippen LogP contribution < -0.4 is 0 Å². The van der Waals surface area contributed by atoms with Gasteiger partial charge in [0.1, 0.15) is 5.76 Å². The molecular formula is C21H28N6O2. The second kappa shape index (κ2) is 7.50. The van der Waals surface area contributed by atoms with Crippen molar-refractivity contribution in [2.24, 2.45) is 0 Å². The molecule has 3 aromatic rings. The molecule has 3 aromatic heterocycles. The number of carbonyl (C=O) groups is 1. The van der Waals surface area contributed by atoms with Gasteiger partial charge in [-0.25, -0.2) is 4.98 Å². The molecule has 0 radical (unpaired) electrons. The van der Waals surface area contributed by atoms with Gasteiger partial charge in [-0.3, -0.25) is 14.2 Å². The summed E-state index contributed by atoms with van der Waals surface area (Å²) in [6.45, 7) is 11.9. The molecule has 0 spiro atoms. The van der Waals surface area contributed by atoms with E-state index in [-0.39, 0.29) is 11.9 Å². The van der Waals surface area contributed by atoms with E-state index in [9.17, 15) is 4.79 Å². The number of hydrogen-bond donors (Lipinski definition) is 0. The van der Waals surface area contributed by atoms with E-state index in [1.807, 2.05) is 41.1 Å². The van der Waals surface area contributed by atoms with E-state index in [4.69, 9.17) is 9.52 Å². The van der Waals surface area contributed by atoms with Gasteiger partial charge in [0.15, 0.2) is 5.69 Å². The summed E-state index contributed by atoms with van der Waals surface area (Å²) in [6, 6.07) is 2.27. The van der Waals surface area contributed by atoms with Crippen LogP contribution in [0.3, 0.4) is 0 Å². The number of nitrogens with zero attached hydrogens (tertiary/aromatic N) is 6. The fraction of sp³-hybridized carbons (Fsp3) is 0.524. The highest BCUT2D eigenvalue weighted by molar-refractivity contribution is 5.77. The zero-order valence-electron chi connectivity index (χ0n) is 17.8. The lowest BCUT2D eigenvalue weighted by molar-refractivity contribution is -0.132. The van der Waals surface area contributed by atoms with Crippen LogP contribution in [0.4, 0.5) is 0 Å². The molecule has 0 fully saturated rings. The van der Waals surface area contributed by atoms with Gasteiger partial charge in [0.05, 0.1) is 11.9 Å². The maximum absolute atomic E-state index is 12.9. The van der Waals surface area contributed by atoms with Gasteiger partial charge in [-0.1, -0.05) is 0 Å². The molecule has 4 rings (SSSR count). The molecule has 0 aliphatic carbocycles. The minimum atomic E-state index is 0.134. The molecule has 8 heteroatoms. The Bertz CT molecular complexity index is 1040. The predicted molar refractivity (Wildman–Crippen MR) is 108 cm³/mol. The predicted octanol–water partition coefficient (Wildman–Crippen LogP) is 3.22. The maximum atomic E-state index is 12.9. The standard InChI is InChI=1S/C21H28N6O2/c1-13(2)27-18-6-8-25(19(28)7-9-26-15(4)10-14(3)23-26)12-17(18)20(24-27)21-22-11-16(5)29-21/h10-11,13H,6-9,12H2,1-5H3. The minimum Gasteiger partial charge on any atom is -0.440 e. The first-order chi connectivity index (χ1) is 13.8. The molecule has 29 heavy (non-hydrogen) atoms. The SMILES string of the molecule is Cc1cc(C)n(CCC(=O)N2CCc3c(c(-c4ncc(C)o4)nn3C(C)C)C2)n1. The van der Waals surface area contributed by atoms with E-state index in [1.54, 1.807) is 6.20 Å². The van der Waals surface area contributed by atoms with Crippen LogP contribution in [0.5, 0.6) is 0 Å². The number of fused-ring (bicyclic) bond motifs is 1. The second-order valence-corrected chi connectivity index (χ2v) is 8.05. The van der Waals surface area contributed by atoms with Crippen molar-refractivity contribution in [3.63, 3.8) is 0 Å². The summed E-state index contributed by atoms with van der Waals surface area (Å²) < 4.78 is 9.69. The molecule has 8 nitrogen and oxygen atoms in total. The largest absolute Gasteiger partial charge is 0.440 e. The second-order valence-electron chi connectivity index (χ2n) is 8.05. The number of carbonyl (C=O) groups excluding carboxylic acids is 1. The molecule has 0 bridgehead atoms. The van der Waals surface area contributed by atoms with Gasteiger partial charge in [0.25, 0.3) is 0 Å². The van der Waals surface area contributed by atoms with Gasteiger partial charge in [-0.05, 0) is 40.7 Å². The van der Waals surface area contributed by atoms with Gasteiger partial charge in [-0.15, -0.1) is 0 Å². The molecule has 4 heterocycles. The Kier molecular flexibility index (Phi) is 5.02. The highest BCUT2D eigenvalue weighted by Crippen LogP contribution is 2.31. The molecular weight excluding hydrogens is 368 g/mol. The molecule has 0 atom stereocenters. The summed E-state index contributed by atoms with van der Waals surface area (Å²) in [4.78, 5) is 19.2. The van der Waals surface area contributed by atoms with Gasteiger partial charge in [0.2, 0.25) is 11.8 Å². The number of hydrogen-bond acceptors (Lipinski definition) is 5. The van der Waals surface area contributed by atoms with E-state index >= 15 is 0 Å². The van der Waals surface area contributed by atoms with Crippen molar-refractivity contribution in [2.45, 2.75) is 66.6 Å². The van der Waals surface area contributed by atoms with Crippen LogP contribution in [0, 0.1) is 20.8 Å². The quantitative estimate of drug-likeness (QED) is 0.661. The molecule has 0 aromatic carbocycles. The molecule has 0 saturated heterocycles. The van der Waals surface area contributed by atoms with E-state index in [0.717, 1.165) is 34.8 Å². The van der Waals surface area contributed by atoms with E-state index < -0.39 is 0 Å². The van der Waals surface area contributed by atoms with Crippen molar-refractivity contribution in [3.8, 4) is 11.6 Å². The van der Waals surface area contributed by atoms with Crippen LogP contribution in [-0.2, 0) is 24.3 Å². The highest BCUT2D eigenvalue weighted by atomic mass is 16.4. The van der Waals surface area contributed by atoms with Crippen molar-refractivity contribution < 1.29 is 9.21 Å². The summed E-state index contributed by atoms with van der Waals surface area (Å²) in [5, 5.41) is 9.24. The van der Waals surface area contributed by atoms with E-state index in [1.165, 1.54) is 5.69 Å². The third kappa shape index (κ3) is 3.71. The third-order valence-corrected chi connectivity index (χ3v) is 5.39. The Morgan fingerprint density at radius 2 is 2.03 bits per heavy atom. The first-order valence-electron chi connectivity index (χ1n) is 10.2. The Labute approximate surface area is 170 Å². The Morgan fingerprint density at radius 1 is 1.24 bits per heavy atom. The van der Waals surface area contributed by atoms with Gasteiger partial charge < -0.3 is 9.32 Å². The normalized spacial score (nSPS) is 13.9. The molecule has 1 aliphatic rings. The molecule has 0 N–H and O–H groups in total. The number of oxazole rings is 1. The van der Waals surface area contributed by atoms with Crippen molar-refractivity contribution in [1.82, 2.24) is 29.4 Å². The van der Waals surface area contributed by atoms with Gasteiger partial charge in [0, 0.05) is 55.5 Å². The van der Waals surface area contributed by atoms with Crippen LogP contribution >= 0.6 is 0 Å².